The van der Waals surface area contributed by atoms with Gasteiger partial charge in [0.25, 0.3) is 0 Å². The maximum Gasteiger partial charge on any atom is 0.155 e. The first-order chi connectivity index (χ1) is 7.83. The maximum absolute atomic E-state index is 12.3. The highest BCUT2D eigenvalue weighted by molar-refractivity contribution is 7.92. The summed E-state index contributed by atoms with van der Waals surface area (Å²) in [6.45, 7) is 14.4. The molecule has 1 atom stereocenters. The molecule has 3 nitrogen and oxygen atoms in total. The van der Waals surface area contributed by atoms with E-state index < -0.39 is 20.0 Å². The second-order valence-electron chi connectivity index (χ2n) is 6.41. The van der Waals surface area contributed by atoms with Gasteiger partial charge in [-0.15, -0.1) is 0 Å². The van der Waals surface area contributed by atoms with Gasteiger partial charge in [-0.2, -0.15) is 0 Å². The monoisotopic (exact) mass is 276 g/mol. The summed E-state index contributed by atoms with van der Waals surface area (Å²) < 4.78 is 23.6. The molecular weight excluding hydrogens is 248 g/mol. The molecule has 0 aromatic rings. The molecule has 0 rings (SSSR count). The zero-order chi connectivity index (χ0) is 14.9. The molecule has 1 unspecified atom stereocenters. The predicted molar refractivity (Wildman–Crippen MR) is 76.3 cm³/mol. The topological polar surface area (TPSA) is 51.2 Å². The summed E-state index contributed by atoms with van der Waals surface area (Å²) in [6.07, 6.45) is 0. The van der Waals surface area contributed by atoms with Gasteiger partial charge in [0.05, 0.1) is 4.75 Å². The zero-order valence-corrected chi connectivity index (χ0v) is 13.8. The summed E-state index contributed by atoms with van der Waals surface area (Å²) in [5.41, 5.74) is -0.594. The van der Waals surface area contributed by atoms with Crippen LogP contribution >= 0.6 is 0 Å². The van der Waals surface area contributed by atoms with Crippen molar-refractivity contribution in [2.45, 2.75) is 60.1 Å². The van der Waals surface area contributed by atoms with Gasteiger partial charge in [-0.05, 0) is 19.3 Å². The highest BCUT2D eigenvalue weighted by Gasteiger charge is 2.51. The van der Waals surface area contributed by atoms with Gasteiger partial charge < -0.3 is 0 Å². The fourth-order valence-electron chi connectivity index (χ4n) is 2.14. The molecular formula is C14H28O3S. The average Bonchev–Trinajstić information content (AvgIpc) is 2.26. The Balaban J connectivity index is 5.58. The molecule has 0 aromatic carbocycles. The van der Waals surface area contributed by atoms with Crippen molar-refractivity contribution in [3.05, 3.63) is 0 Å². The van der Waals surface area contributed by atoms with Crippen LogP contribution in [0.2, 0.25) is 0 Å². The molecule has 0 aliphatic heterocycles. The van der Waals surface area contributed by atoms with Gasteiger partial charge in [-0.25, -0.2) is 8.42 Å². The van der Waals surface area contributed by atoms with Crippen LogP contribution in [0.4, 0.5) is 0 Å². The molecule has 0 amide bonds. The Hall–Kier alpha value is -0.380. The van der Waals surface area contributed by atoms with Crippen molar-refractivity contribution in [3.8, 4) is 0 Å². The first kappa shape index (κ1) is 17.6. The summed E-state index contributed by atoms with van der Waals surface area (Å²) in [6, 6.07) is 0. The van der Waals surface area contributed by atoms with Gasteiger partial charge in [0.2, 0.25) is 0 Å². The minimum atomic E-state index is -3.21. The van der Waals surface area contributed by atoms with E-state index in [1.807, 2.05) is 34.6 Å². The highest BCUT2D eigenvalue weighted by Crippen LogP contribution is 2.44. The summed E-state index contributed by atoms with van der Waals surface area (Å²) in [5, 5.41) is 0. The van der Waals surface area contributed by atoms with Crippen molar-refractivity contribution in [2.75, 3.05) is 5.75 Å². The number of Topliss-reactive ketones (excluding diaryl/α,β-unsaturated/α-hetero) is 1. The van der Waals surface area contributed by atoms with Crippen LogP contribution in [0.1, 0.15) is 55.4 Å². The molecule has 4 heteroatoms. The van der Waals surface area contributed by atoms with Crippen molar-refractivity contribution in [2.24, 2.45) is 17.3 Å². The van der Waals surface area contributed by atoms with Crippen LogP contribution in [0.25, 0.3) is 0 Å². The van der Waals surface area contributed by atoms with Gasteiger partial charge in [0.15, 0.2) is 9.84 Å². The van der Waals surface area contributed by atoms with Crippen molar-refractivity contribution in [1.29, 1.82) is 0 Å². The Morgan fingerprint density at radius 1 is 1.06 bits per heavy atom. The Morgan fingerprint density at radius 3 is 1.72 bits per heavy atom. The largest absolute Gasteiger partial charge is 0.299 e. The second-order valence-corrected chi connectivity index (χ2v) is 9.24. The lowest BCUT2D eigenvalue weighted by Crippen LogP contribution is -2.52. The summed E-state index contributed by atoms with van der Waals surface area (Å²) in [4.78, 5) is 12.2. The van der Waals surface area contributed by atoms with Crippen LogP contribution in [-0.2, 0) is 14.6 Å². The quantitative estimate of drug-likeness (QED) is 0.749. The molecule has 0 spiro atoms. The molecule has 0 aliphatic carbocycles. The third-order valence-electron chi connectivity index (χ3n) is 4.79. The van der Waals surface area contributed by atoms with Crippen LogP contribution < -0.4 is 0 Å². The minimum Gasteiger partial charge on any atom is -0.299 e. The van der Waals surface area contributed by atoms with Gasteiger partial charge in [0, 0.05) is 17.6 Å². The van der Waals surface area contributed by atoms with Crippen molar-refractivity contribution in [3.63, 3.8) is 0 Å². The molecule has 0 bridgehead atoms. The van der Waals surface area contributed by atoms with Crippen LogP contribution in [0.5, 0.6) is 0 Å². The van der Waals surface area contributed by atoms with Gasteiger partial charge in [-0.1, -0.05) is 41.5 Å². The van der Waals surface area contributed by atoms with E-state index in [-0.39, 0.29) is 23.4 Å². The Kier molecular flexibility index (Phi) is 5.20. The Bertz CT molecular complexity index is 403. The third kappa shape index (κ3) is 2.79. The standard InChI is InChI=1S/C14H28O3S/c1-9-18(16,17)14(7,8)13(5,6)11(4)12(15)10(2)3/h10-11H,9H2,1-8H3. The van der Waals surface area contributed by atoms with Crippen LogP contribution in [0.15, 0.2) is 0 Å². The third-order valence-corrected chi connectivity index (χ3v) is 7.63. The average molecular weight is 276 g/mol. The summed E-state index contributed by atoms with van der Waals surface area (Å²) in [7, 11) is -3.21. The fourth-order valence-corrected chi connectivity index (χ4v) is 3.84. The Labute approximate surface area is 112 Å². The smallest absolute Gasteiger partial charge is 0.155 e. The number of carbonyl (C=O) groups is 1. The van der Waals surface area contributed by atoms with Gasteiger partial charge >= 0.3 is 0 Å². The molecule has 0 aromatic heterocycles. The lowest BCUT2D eigenvalue weighted by Gasteiger charge is -2.44. The molecule has 0 fully saturated rings. The first-order valence-electron chi connectivity index (χ1n) is 6.59. The molecule has 0 radical (unpaired) electrons. The zero-order valence-electron chi connectivity index (χ0n) is 13.0. The molecule has 0 saturated carbocycles. The molecule has 0 aliphatic rings. The Morgan fingerprint density at radius 2 is 1.44 bits per heavy atom. The van der Waals surface area contributed by atoms with Gasteiger partial charge in [-0.3, -0.25) is 4.79 Å². The van der Waals surface area contributed by atoms with E-state index in [0.717, 1.165) is 0 Å². The SMILES string of the molecule is CCS(=O)(=O)C(C)(C)C(C)(C)C(C)C(=O)C(C)C. The molecule has 0 heterocycles. The summed E-state index contributed by atoms with van der Waals surface area (Å²) in [5.74, 6) is -0.126. The number of sulfone groups is 1. The number of hydrogen-bond donors (Lipinski definition) is 0. The van der Waals surface area contributed by atoms with Crippen molar-refractivity contribution >= 4 is 15.6 Å². The van der Waals surface area contributed by atoms with E-state index in [4.69, 9.17) is 0 Å². The lowest BCUT2D eigenvalue weighted by atomic mass is 9.68. The minimum absolute atomic E-state index is 0.0700. The number of rotatable bonds is 6. The van der Waals surface area contributed by atoms with E-state index >= 15 is 0 Å². The van der Waals surface area contributed by atoms with Gasteiger partial charge in [0.1, 0.15) is 5.78 Å². The van der Waals surface area contributed by atoms with Crippen molar-refractivity contribution in [1.82, 2.24) is 0 Å². The van der Waals surface area contributed by atoms with Crippen LogP contribution in [0.3, 0.4) is 0 Å². The van der Waals surface area contributed by atoms with Crippen LogP contribution in [0, 0.1) is 17.3 Å². The second kappa shape index (κ2) is 5.32. The lowest BCUT2D eigenvalue weighted by molar-refractivity contribution is -0.129. The molecule has 108 valence electrons. The van der Waals surface area contributed by atoms with E-state index in [2.05, 4.69) is 0 Å². The van der Waals surface area contributed by atoms with E-state index in [9.17, 15) is 13.2 Å². The van der Waals surface area contributed by atoms with Crippen LogP contribution in [-0.4, -0.2) is 24.7 Å². The maximum atomic E-state index is 12.3. The number of hydrogen-bond acceptors (Lipinski definition) is 3. The van der Waals surface area contributed by atoms with E-state index in [1.165, 1.54) is 0 Å². The molecule has 0 N–H and O–H groups in total. The number of carbonyl (C=O) groups excluding carboxylic acids is 1. The molecule has 0 saturated heterocycles. The summed E-state index contributed by atoms with van der Waals surface area (Å²) >= 11 is 0. The highest BCUT2D eigenvalue weighted by atomic mass is 32.2. The normalized spacial score (nSPS) is 15.8. The fraction of sp³-hybridized carbons (Fsp3) is 0.929. The number of ketones is 1. The van der Waals surface area contributed by atoms with E-state index in [1.54, 1.807) is 20.8 Å². The first-order valence-corrected chi connectivity index (χ1v) is 8.24. The molecule has 18 heavy (non-hydrogen) atoms. The van der Waals surface area contributed by atoms with Crippen molar-refractivity contribution < 1.29 is 13.2 Å². The van der Waals surface area contributed by atoms with E-state index in [0.29, 0.717) is 0 Å². The predicted octanol–water partition coefficient (Wildman–Crippen LogP) is 3.09.